The van der Waals surface area contributed by atoms with Crippen LogP contribution in [0.5, 0.6) is 0 Å². The van der Waals surface area contributed by atoms with Crippen LogP contribution in [0.3, 0.4) is 0 Å². The van der Waals surface area contributed by atoms with Gasteiger partial charge in [-0.1, -0.05) is 34.5 Å². The van der Waals surface area contributed by atoms with E-state index in [0.29, 0.717) is 9.47 Å². The van der Waals surface area contributed by atoms with Crippen LogP contribution in [0.25, 0.3) is 0 Å². The van der Waals surface area contributed by atoms with Crippen molar-refractivity contribution in [2.24, 2.45) is 0 Å². The van der Waals surface area contributed by atoms with Crippen LogP contribution in [0, 0.1) is 0 Å². The quantitative estimate of drug-likeness (QED) is 0.774. The summed E-state index contributed by atoms with van der Waals surface area (Å²) in [4.78, 5) is 14.2. The number of thiazole rings is 1. The lowest BCUT2D eigenvalue weighted by atomic mass is 10.7. The van der Waals surface area contributed by atoms with Gasteiger partial charge in [-0.3, -0.25) is 4.79 Å². The predicted octanol–water partition coefficient (Wildman–Crippen LogP) is 2.41. The van der Waals surface area contributed by atoms with Gasteiger partial charge in [0.15, 0.2) is 9.62 Å². The first-order valence-electron chi connectivity index (χ1n) is 2.69. The molecule has 0 fully saturated rings. The van der Waals surface area contributed by atoms with Gasteiger partial charge in [0, 0.05) is 6.92 Å². The molecule has 0 radical (unpaired) electrons. The molecule has 0 aliphatic heterocycles. The fraction of sp³-hybridized carbons (Fsp3) is 0.200. The Morgan fingerprint density at radius 1 is 1.64 bits per heavy atom. The zero-order chi connectivity index (χ0) is 8.43. The van der Waals surface area contributed by atoms with Crippen molar-refractivity contribution >= 4 is 45.4 Å². The third-order valence-electron chi connectivity index (χ3n) is 0.849. The van der Waals surface area contributed by atoms with Gasteiger partial charge in [-0.15, -0.1) is 0 Å². The first-order valence-corrected chi connectivity index (χ1v) is 4.26. The molecule has 1 heterocycles. The fourth-order valence-corrected chi connectivity index (χ4v) is 1.80. The second-order valence-corrected chi connectivity index (χ2v) is 3.71. The van der Waals surface area contributed by atoms with Crippen molar-refractivity contribution in [3.63, 3.8) is 0 Å². The highest BCUT2D eigenvalue weighted by molar-refractivity contribution is 7.20. The van der Waals surface area contributed by atoms with Crippen LogP contribution in [0.15, 0.2) is 0 Å². The zero-order valence-electron chi connectivity index (χ0n) is 5.52. The molecule has 0 unspecified atom stereocenters. The van der Waals surface area contributed by atoms with E-state index in [1.165, 1.54) is 6.92 Å². The van der Waals surface area contributed by atoms with Crippen molar-refractivity contribution in [3.8, 4) is 0 Å². The summed E-state index contributed by atoms with van der Waals surface area (Å²) < 4.78 is 0.318. The molecule has 1 aromatic heterocycles. The summed E-state index contributed by atoms with van der Waals surface area (Å²) in [5.74, 6) is -0.188. The van der Waals surface area contributed by atoms with E-state index in [2.05, 4.69) is 10.3 Å². The van der Waals surface area contributed by atoms with Crippen molar-refractivity contribution in [1.29, 1.82) is 0 Å². The van der Waals surface area contributed by atoms with E-state index in [1.54, 1.807) is 0 Å². The Hall–Kier alpha value is -0.320. The monoisotopic (exact) mass is 210 g/mol. The maximum Gasteiger partial charge on any atom is 0.221 e. The van der Waals surface area contributed by atoms with E-state index < -0.39 is 0 Å². The molecule has 0 saturated heterocycles. The summed E-state index contributed by atoms with van der Waals surface area (Å²) in [6.45, 7) is 1.39. The van der Waals surface area contributed by atoms with Crippen LogP contribution in [0.4, 0.5) is 5.00 Å². The molecule has 0 aliphatic rings. The van der Waals surface area contributed by atoms with Crippen LogP contribution in [0.1, 0.15) is 6.92 Å². The minimum Gasteiger partial charge on any atom is -0.315 e. The smallest absolute Gasteiger partial charge is 0.221 e. The number of hydrogen-bond acceptors (Lipinski definition) is 3. The predicted molar refractivity (Wildman–Crippen MR) is 46.4 cm³/mol. The Morgan fingerprint density at radius 3 is 2.64 bits per heavy atom. The molecule has 6 heteroatoms. The van der Waals surface area contributed by atoms with Gasteiger partial charge in [0.2, 0.25) is 5.91 Å². The third-order valence-corrected chi connectivity index (χ3v) is 2.31. The van der Waals surface area contributed by atoms with E-state index in [0.717, 1.165) is 11.3 Å². The van der Waals surface area contributed by atoms with Gasteiger partial charge in [-0.2, -0.15) is 0 Å². The Kier molecular flexibility index (Phi) is 2.70. The molecule has 0 saturated carbocycles. The maximum absolute atomic E-state index is 10.5. The lowest BCUT2D eigenvalue weighted by Gasteiger charge is -1.94. The lowest BCUT2D eigenvalue weighted by molar-refractivity contribution is -0.114. The van der Waals surface area contributed by atoms with Crippen molar-refractivity contribution in [1.82, 2.24) is 4.98 Å². The molecule has 3 nitrogen and oxygen atoms in total. The summed E-state index contributed by atoms with van der Waals surface area (Å²) >= 11 is 12.2. The summed E-state index contributed by atoms with van der Waals surface area (Å²) in [6.07, 6.45) is 0. The van der Waals surface area contributed by atoms with Gasteiger partial charge in [0.05, 0.1) is 0 Å². The van der Waals surface area contributed by atoms with Crippen LogP contribution < -0.4 is 5.32 Å². The lowest BCUT2D eigenvalue weighted by Crippen LogP contribution is -2.04. The SMILES string of the molecule is CC(=O)Nc1sc(Cl)nc1Cl. The highest BCUT2D eigenvalue weighted by Gasteiger charge is 2.07. The molecule has 0 aromatic carbocycles. The Bertz CT molecular complexity index is 286. The number of rotatable bonds is 1. The second-order valence-electron chi connectivity index (χ2n) is 1.77. The van der Waals surface area contributed by atoms with E-state index in [4.69, 9.17) is 23.2 Å². The first kappa shape index (κ1) is 8.77. The highest BCUT2D eigenvalue weighted by Crippen LogP contribution is 2.31. The second kappa shape index (κ2) is 3.38. The van der Waals surface area contributed by atoms with Gasteiger partial charge >= 0.3 is 0 Å². The highest BCUT2D eigenvalue weighted by atomic mass is 35.5. The van der Waals surface area contributed by atoms with Crippen molar-refractivity contribution in [2.45, 2.75) is 6.92 Å². The largest absolute Gasteiger partial charge is 0.315 e. The molecular weight excluding hydrogens is 207 g/mol. The topological polar surface area (TPSA) is 42.0 Å². The van der Waals surface area contributed by atoms with Gasteiger partial charge < -0.3 is 5.32 Å². The molecule has 1 aromatic rings. The molecule has 0 bridgehead atoms. The number of halogens is 2. The number of anilines is 1. The number of carbonyl (C=O) groups excluding carboxylic acids is 1. The number of hydrogen-bond donors (Lipinski definition) is 1. The normalized spacial score (nSPS) is 9.73. The molecule has 0 aliphatic carbocycles. The van der Waals surface area contributed by atoms with Gasteiger partial charge in [-0.05, 0) is 0 Å². The molecule has 11 heavy (non-hydrogen) atoms. The van der Waals surface area contributed by atoms with Crippen LogP contribution >= 0.6 is 34.5 Å². The average molecular weight is 211 g/mol. The molecular formula is C5H4Cl2N2OS. The number of aromatic nitrogens is 1. The molecule has 0 atom stereocenters. The standard InChI is InChI=1S/C5H4Cl2N2OS/c1-2(10)8-4-3(6)9-5(7)11-4/h1H3,(H,8,10). The van der Waals surface area contributed by atoms with Crippen molar-refractivity contribution in [2.75, 3.05) is 5.32 Å². The van der Waals surface area contributed by atoms with Crippen LogP contribution in [-0.4, -0.2) is 10.9 Å². The Balaban J connectivity index is 2.85. The number of nitrogens with zero attached hydrogens (tertiary/aromatic N) is 1. The van der Waals surface area contributed by atoms with Crippen LogP contribution in [-0.2, 0) is 4.79 Å². The summed E-state index contributed by atoms with van der Waals surface area (Å²) in [7, 11) is 0. The van der Waals surface area contributed by atoms with Gasteiger partial charge in [0.25, 0.3) is 0 Å². The van der Waals surface area contributed by atoms with Crippen molar-refractivity contribution < 1.29 is 4.79 Å². The molecule has 60 valence electrons. The molecule has 0 spiro atoms. The van der Waals surface area contributed by atoms with Gasteiger partial charge in [0.1, 0.15) is 5.00 Å². The number of carbonyl (C=O) groups is 1. The summed E-state index contributed by atoms with van der Waals surface area (Å²) in [6, 6.07) is 0. The number of nitrogens with one attached hydrogen (secondary N) is 1. The van der Waals surface area contributed by atoms with Crippen molar-refractivity contribution in [3.05, 3.63) is 9.62 Å². The van der Waals surface area contributed by atoms with E-state index in [1.807, 2.05) is 0 Å². The third kappa shape index (κ3) is 2.32. The van der Waals surface area contributed by atoms with Gasteiger partial charge in [-0.25, -0.2) is 4.98 Å². The number of amides is 1. The average Bonchev–Trinajstić information content (AvgIpc) is 2.09. The minimum absolute atomic E-state index is 0.188. The minimum atomic E-state index is -0.188. The van der Waals surface area contributed by atoms with E-state index in [-0.39, 0.29) is 11.1 Å². The van der Waals surface area contributed by atoms with E-state index >= 15 is 0 Å². The summed E-state index contributed by atoms with van der Waals surface area (Å²) in [5.41, 5.74) is 0. The Morgan fingerprint density at radius 2 is 2.27 bits per heavy atom. The Labute approximate surface area is 77.3 Å². The van der Waals surface area contributed by atoms with Crippen LogP contribution in [0.2, 0.25) is 9.62 Å². The molecule has 1 rings (SSSR count). The molecule has 1 N–H and O–H groups in total. The zero-order valence-corrected chi connectivity index (χ0v) is 7.85. The molecule has 1 amide bonds. The maximum atomic E-state index is 10.5. The summed E-state index contributed by atoms with van der Waals surface area (Å²) in [5, 5.41) is 3.22. The first-order chi connectivity index (χ1) is 5.09. The fourth-order valence-electron chi connectivity index (χ4n) is 0.514. The van der Waals surface area contributed by atoms with E-state index in [9.17, 15) is 4.79 Å².